The normalized spacial score (nSPS) is 13.2. The van der Waals surface area contributed by atoms with Crippen LogP contribution in [0.2, 0.25) is 0 Å². The Bertz CT molecular complexity index is 1610. The summed E-state index contributed by atoms with van der Waals surface area (Å²) in [7, 11) is 0. The molecule has 0 N–H and O–H groups in total. The van der Waals surface area contributed by atoms with Crippen molar-refractivity contribution in [2.24, 2.45) is 0 Å². The van der Waals surface area contributed by atoms with E-state index in [4.69, 9.17) is 14.2 Å². The van der Waals surface area contributed by atoms with Gasteiger partial charge in [-0.25, -0.2) is 0 Å². The van der Waals surface area contributed by atoms with E-state index in [2.05, 4.69) is 142 Å². The van der Waals surface area contributed by atoms with Crippen LogP contribution in [-0.2, 0) is 28.6 Å². The van der Waals surface area contributed by atoms with Gasteiger partial charge in [-0.1, -0.05) is 263 Å². The molecule has 0 unspecified atom stereocenters. The molecular weight excluding hydrogens is 889 g/mol. The summed E-state index contributed by atoms with van der Waals surface area (Å²) in [5.74, 6) is -1.11. The van der Waals surface area contributed by atoms with Crippen LogP contribution in [0.4, 0.5) is 0 Å². The molecule has 6 nitrogen and oxygen atoms in total. The van der Waals surface area contributed by atoms with Crippen molar-refractivity contribution in [3.8, 4) is 0 Å². The molecule has 0 aliphatic carbocycles. The van der Waals surface area contributed by atoms with Gasteiger partial charge in [0.25, 0.3) is 0 Å². The number of carbonyl (C=O) groups is 3. The number of carbonyl (C=O) groups excluding carboxylic acids is 3. The molecule has 0 saturated heterocycles. The molecule has 0 aromatic carbocycles. The molecule has 0 amide bonds. The minimum atomic E-state index is -0.854. The number of ether oxygens (including phenoxy) is 3. The summed E-state index contributed by atoms with van der Waals surface area (Å²) in [5, 5.41) is 0. The van der Waals surface area contributed by atoms with Crippen LogP contribution in [-0.4, -0.2) is 37.2 Å². The van der Waals surface area contributed by atoms with Gasteiger partial charge in [0, 0.05) is 19.3 Å². The van der Waals surface area contributed by atoms with E-state index in [-0.39, 0.29) is 38.0 Å². The average Bonchev–Trinajstić information content (AvgIpc) is 3.38. The zero-order chi connectivity index (χ0) is 52.2. The summed E-state index contributed by atoms with van der Waals surface area (Å²) in [6.45, 7) is 6.28. The second kappa shape index (κ2) is 58.9. The SMILES string of the molecule is CC/C=C\C/C=C\C/C=C\C/C=C\C/C=C\C/C=C\CCC(=O)OC[C@@H](COC(=O)CCCCCCCCCCCCCCCCCC)OC(=O)CC/C=C\C/C=C\C/C=C\C/C=C\C/C=C\C/C=C\CC. The van der Waals surface area contributed by atoms with E-state index in [1.165, 1.54) is 83.5 Å². The summed E-state index contributed by atoms with van der Waals surface area (Å²) >= 11 is 0. The molecule has 0 aliphatic heterocycles. The van der Waals surface area contributed by atoms with Gasteiger partial charge in [0.15, 0.2) is 6.10 Å². The van der Waals surface area contributed by atoms with Crippen LogP contribution in [0.3, 0.4) is 0 Å². The fraction of sp³-hybridized carbons (Fsp3) is 0.591. The molecule has 0 spiro atoms. The summed E-state index contributed by atoms with van der Waals surface area (Å²) in [6, 6.07) is 0. The minimum absolute atomic E-state index is 0.135. The molecule has 0 saturated carbocycles. The smallest absolute Gasteiger partial charge is 0.306 e. The Morgan fingerprint density at radius 2 is 0.542 bits per heavy atom. The van der Waals surface area contributed by atoms with Crippen molar-refractivity contribution in [2.75, 3.05) is 13.2 Å². The molecule has 0 bridgehead atoms. The molecule has 72 heavy (non-hydrogen) atoms. The van der Waals surface area contributed by atoms with E-state index >= 15 is 0 Å². The fourth-order valence-electron chi connectivity index (χ4n) is 7.38. The van der Waals surface area contributed by atoms with Gasteiger partial charge in [0.05, 0.1) is 0 Å². The predicted molar refractivity (Wildman–Crippen MR) is 311 cm³/mol. The van der Waals surface area contributed by atoms with Gasteiger partial charge in [-0.2, -0.15) is 0 Å². The first-order valence-electron chi connectivity index (χ1n) is 28.8. The maximum Gasteiger partial charge on any atom is 0.306 e. The first kappa shape index (κ1) is 67.3. The second-order valence-electron chi connectivity index (χ2n) is 18.4. The van der Waals surface area contributed by atoms with Gasteiger partial charge in [-0.3, -0.25) is 14.4 Å². The summed E-state index contributed by atoms with van der Waals surface area (Å²) in [4.78, 5) is 38.1. The topological polar surface area (TPSA) is 78.9 Å². The van der Waals surface area contributed by atoms with Gasteiger partial charge < -0.3 is 14.2 Å². The van der Waals surface area contributed by atoms with Gasteiger partial charge in [-0.15, -0.1) is 0 Å². The van der Waals surface area contributed by atoms with Crippen LogP contribution in [0.5, 0.6) is 0 Å². The minimum Gasteiger partial charge on any atom is -0.462 e. The maximum atomic E-state index is 12.8. The molecule has 1 atom stereocenters. The third kappa shape index (κ3) is 56.2. The van der Waals surface area contributed by atoms with E-state index in [9.17, 15) is 14.4 Å². The third-order valence-electron chi connectivity index (χ3n) is 11.6. The molecule has 0 aromatic rings. The molecule has 0 rings (SSSR count). The molecule has 0 aromatic heterocycles. The number of esters is 3. The zero-order valence-electron chi connectivity index (χ0n) is 46.1. The van der Waals surface area contributed by atoms with Crippen LogP contribution in [0.1, 0.15) is 233 Å². The Morgan fingerprint density at radius 3 is 0.847 bits per heavy atom. The van der Waals surface area contributed by atoms with Crippen LogP contribution in [0.15, 0.2) is 146 Å². The Kier molecular flexibility index (Phi) is 55.0. The monoisotopic (exact) mass is 993 g/mol. The summed E-state index contributed by atoms with van der Waals surface area (Å²) < 4.78 is 16.7. The van der Waals surface area contributed by atoms with Gasteiger partial charge in [-0.05, 0) is 96.3 Å². The Hall–Kier alpha value is -4.71. The van der Waals surface area contributed by atoms with Crippen LogP contribution < -0.4 is 0 Å². The maximum absolute atomic E-state index is 12.8. The number of hydrogen-bond acceptors (Lipinski definition) is 6. The van der Waals surface area contributed by atoms with Gasteiger partial charge in [0.2, 0.25) is 0 Å². The molecule has 6 heteroatoms. The highest BCUT2D eigenvalue weighted by atomic mass is 16.6. The zero-order valence-corrected chi connectivity index (χ0v) is 46.1. The highest BCUT2D eigenvalue weighted by molar-refractivity contribution is 5.71. The van der Waals surface area contributed by atoms with Crippen molar-refractivity contribution in [1.82, 2.24) is 0 Å². The van der Waals surface area contributed by atoms with Crippen molar-refractivity contribution in [3.63, 3.8) is 0 Å². The van der Waals surface area contributed by atoms with Crippen LogP contribution >= 0.6 is 0 Å². The van der Waals surface area contributed by atoms with Crippen molar-refractivity contribution >= 4 is 17.9 Å². The summed E-state index contributed by atoms with van der Waals surface area (Å²) in [5.41, 5.74) is 0. The number of unbranched alkanes of at least 4 members (excludes halogenated alkanes) is 15. The number of rotatable bonds is 50. The van der Waals surface area contributed by atoms with Crippen molar-refractivity contribution in [3.05, 3.63) is 146 Å². The Labute approximate surface area is 442 Å². The largest absolute Gasteiger partial charge is 0.462 e. The van der Waals surface area contributed by atoms with E-state index < -0.39 is 12.1 Å². The number of hydrogen-bond donors (Lipinski definition) is 0. The lowest BCUT2D eigenvalue weighted by atomic mass is 10.0. The van der Waals surface area contributed by atoms with Crippen molar-refractivity contribution in [1.29, 1.82) is 0 Å². The highest BCUT2D eigenvalue weighted by Gasteiger charge is 2.19. The fourth-order valence-corrected chi connectivity index (χ4v) is 7.38. The standard InChI is InChI=1S/C66H104O6/c1-4-7-10-13-16-19-22-25-28-31-33-35-38-41-44-47-50-53-56-59-65(68)71-62-63(61-70-64(67)58-55-52-49-46-43-40-37-30-27-24-21-18-15-12-9-6-3)72-66(69)60-57-54-51-48-45-42-39-36-34-32-29-26-23-20-17-14-11-8-5-2/h7-8,10-11,16-17,19-20,25-26,28-29,33-36,41-42,44-45,50-51,53-54,63H,4-6,9,12-15,18,21-24,27,30-32,37-40,43,46-49,52,55-62H2,1-3H3/b10-7-,11-8-,19-16-,20-17-,28-25-,29-26-,35-33-,36-34-,44-41-,45-42-,53-50-,54-51-/t63-/m1/s1. The van der Waals surface area contributed by atoms with Crippen molar-refractivity contribution < 1.29 is 28.6 Å². The number of allylic oxidation sites excluding steroid dienone is 24. The highest BCUT2D eigenvalue weighted by Crippen LogP contribution is 2.15. The third-order valence-corrected chi connectivity index (χ3v) is 11.6. The molecule has 404 valence electrons. The van der Waals surface area contributed by atoms with Crippen molar-refractivity contribution in [2.45, 2.75) is 239 Å². The van der Waals surface area contributed by atoms with E-state index in [1.807, 2.05) is 24.3 Å². The average molecular weight is 994 g/mol. The van der Waals surface area contributed by atoms with Crippen LogP contribution in [0, 0.1) is 0 Å². The lowest BCUT2D eigenvalue weighted by Gasteiger charge is -2.18. The van der Waals surface area contributed by atoms with Crippen LogP contribution in [0.25, 0.3) is 0 Å². The molecule has 0 fully saturated rings. The molecular formula is C66H104O6. The lowest BCUT2D eigenvalue weighted by Crippen LogP contribution is -2.30. The molecule has 0 aliphatic rings. The summed E-state index contributed by atoms with van der Waals surface area (Å²) in [6.07, 6.45) is 84.3. The van der Waals surface area contributed by atoms with E-state index in [1.54, 1.807) is 0 Å². The first-order valence-corrected chi connectivity index (χ1v) is 28.8. The second-order valence-corrected chi connectivity index (χ2v) is 18.4. The Balaban J connectivity index is 4.63. The quantitative estimate of drug-likeness (QED) is 0.0261. The van der Waals surface area contributed by atoms with Gasteiger partial charge in [0.1, 0.15) is 13.2 Å². The molecule has 0 radical (unpaired) electrons. The van der Waals surface area contributed by atoms with E-state index in [0.29, 0.717) is 19.3 Å². The first-order chi connectivity index (χ1) is 35.5. The lowest BCUT2D eigenvalue weighted by molar-refractivity contribution is -0.166. The van der Waals surface area contributed by atoms with E-state index in [0.717, 1.165) is 96.3 Å². The Morgan fingerprint density at radius 1 is 0.292 bits per heavy atom. The van der Waals surface area contributed by atoms with Gasteiger partial charge >= 0.3 is 17.9 Å². The molecule has 0 heterocycles. The predicted octanol–water partition coefficient (Wildman–Crippen LogP) is 19.6.